The highest BCUT2D eigenvalue weighted by Crippen LogP contribution is 2.39. The van der Waals surface area contributed by atoms with Crippen LogP contribution < -0.4 is 0 Å². The first-order valence-electron chi connectivity index (χ1n) is 8.37. The minimum atomic E-state index is 0.329. The smallest absolute Gasteiger partial charge is 0.115 e. The summed E-state index contributed by atoms with van der Waals surface area (Å²) < 4.78 is 0. The molecule has 0 heterocycles. The molecule has 0 radical (unpaired) electrons. The van der Waals surface area contributed by atoms with Gasteiger partial charge in [0.1, 0.15) is 5.75 Å². The van der Waals surface area contributed by atoms with Gasteiger partial charge in [0.15, 0.2) is 0 Å². The molecule has 0 aromatic heterocycles. The highest BCUT2D eigenvalue weighted by molar-refractivity contribution is 5.82. The van der Waals surface area contributed by atoms with E-state index in [-0.39, 0.29) is 0 Å². The van der Waals surface area contributed by atoms with Crippen LogP contribution in [0.1, 0.15) is 50.2 Å². The Morgan fingerprint density at radius 3 is 2.09 bits per heavy atom. The largest absolute Gasteiger partial charge is 0.508 e. The van der Waals surface area contributed by atoms with Gasteiger partial charge in [-0.05, 0) is 54.0 Å². The van der Waals surface area contributed by atoms with Crippen molar-refractivity contribution in [3.63, 3.8) is 0 Å². The van der Waals surface area contributed by atoms with Crippen LogP contribution in [0.3, 0.4) is 0 Å². The SMILES string of the molecule is CC/C(=C(/c1ccccc1)c1ccc(O)cc1)C1CCCC1. The number of hydrogen-bond acceptors (Lipinski definition) is 1. The lowest BCUT2D eigenvalue weighted by Crippen LogP contribution is -2.03. The molecule has 1 saturated carbocycles. The minimum absolute atomic E-state index is 0.329. The molecular formula is C21H24O. The first-order valence-corrected chi connectivity index (χ1v) is 8.37. The van der Waals surface area contributed by atoms with Crippen molar-refractivity contribution in [2.24, 2.45) is 5.92 Å². The van der Waals surface area contributed by atoms with Crippen LogP contribution in [-0.2, 0) is 0 Å². The summed E-state index contributed by atoms with van der Waals surface area (Å²) in [6, 6.07) is 18.4. The van der Waals surface area contributed by atoms with E-state index in [1.54, 1.807) is 17.7 Å². The molecule has 0 bridgehead atoms. The molecule has 1 aliphatic rings. The number of phenols is 1. The molecular weight excluding hydrogens is 268 g/mol. The second-order valence-electron chi connectivity index (χ2n) is 6.15. The van der Waals surface area contributed by atoms with Crippen molar-refractivity contribution in [2.75, 3.05) is 0 Å². The molecule has 0 saturated heterocycles. The van der Waals surface area contributed by atoms with Gasteiger partial charge in [0.2, 0.25) is 0 Å². The number of rotatable bonds is 4. The molecule has 1 fully saturated rings. The predicted octanol–water partition coefficient (Wildman–Crippen LogP) is 5.79. The van der Waals surface area contributed by atoms with Gasteiger partial charge in [0.05, 0.1) is 0 Å². The molecule has 2 aromatic carbocycles. The quantitative estimate of drug-likeness (QED) is 0.755. The van der Waals surface area contributed by atoms with Crippen LogP contribution in [-0.4, -0.2) is 5.11 Å². The third-order valence-corrected chi connectivity index (χ3v) is 4.77. The van der Waals surface area contributed by atoms with Crippen LogP contribution >= 0.6 is 0 Å². The van der Waals surface area contributed by atoms with E-state index in [9.17, 15) is 5.11 Å². The van der Waals surface area contributed by atoms with Gasteiger partial charge >= 0.3 is 0 Å². The normalized spacial score (nSPS) is 16.6. The third kappa shape index (κ3) is 3.09. The minimum Gasteiger partial charge on any atom is -0.508 e. The lowest BCUT2D eigenvalue weighted by Gasteiger charge is -2.20. The number of allylic oxidation sites excluding steroid dienone is 1. The summed E-state index contributed by atoms with van der Waals surface area (Å²) in [6.07, 6.45) is 6.43. The molecule has 1 nitrogen and oxygen atoms in total. The number of benzene rings is 2. The first kappa shape index (κ1) is 14.9. The average molecular weight is 292 g/mol. The van der Waals surface area contributed by atoms with Crippen molar-refractivity contribution in [1.29, 1.82) is 0 Å². The van der Waals surface area contributed by atoms with E-state index in [4.69, 9.17) is 0 Å². The van der Waals surface area contributed by atoms with Crippen molar-refractivity contribution < 1.29 is 5.11 Å². The van der Waals surface area contributed by atoms with Gasteiger partial charge in [-0.25, -0.2) is 0 Å². The van der Waals surface area contributed by atoms with E-state index >= 15 is 0 Å². The zero-order valence-corrected chi connectivity index (χ0v) is 13.3. The molecule has 1 N–H and O–H groups in total. The van der Waals surface area contributed by atoms with E-state index in [2.05, 4.69) is 37.3 Å². The molecule has 3 rings (SSSR count). The molecule has 0 aliphatic heterocycles. The summed E-state index contributed by atoms with van der Waals surface area (Å²) >= 11 is 0. The maximum Gasteiger partial charge on any atom is 0.115 e. The van der Waals surface area contributed by atoms with Gasteiger partial charge in [0.25, 0.3) is 0 Å². The van der Waals surface area contributed by atoms with Crippen molar-refractivity contribution in [2.45, 2.75) is 39.0 Å². The van der Waals surface area contributed by atoms with Crippen LogP contribution in [0.25, 0.3) is 5.57 Å². The average Bonchev–Trinajstić information content (AvgIpc) is 3.08. The van der Waals surface area contributed by atoms with Crippen LogP contribution in [0.4, 0.5) is 0 Å². The topological polar surface area (TPSA) is 20.2 Å². The monoisotopic (exact) mass is 292 g/mol. The Morgan fingerprint density at radius 2 is 1.50 bits per heavy atom. The van der Waals surface area contributed by atoms with Gasteiger partial charge in [-0.1, -0.05) is 67.8 Å². The van der Waals surface area contributed by atoms with Crippen LogP contribution in [0.15, 0.2) is 60.2 Å². The van der Waals surface area contributed by atoms with E-state index in [0.717, 1.165) is 6.42 Å². The number of aromatic hydroxyl groups is 1. The molecule has 0 atom stereocenters. The van der Waals surface area contributed by atoms with E-state index in [0.29, 0.717) is 11.7 Å². The fraction of sp³-hybridized carbons (Fsp3) is 0.333. The van der Waals surface area contributed by atoms with Crippen LogP contribution in [0.5, 0.6) is 5.75 Å². The summed E-state index contributed by atoms with van der Waals surface area (Å²) in [6.45, 7) is 2.27. The molecule has 22 heavy (non-hydrogen) atoms. The second-order valence-corrected chi connectivity index (χ2v) is 6.15. The molecule has 0 spiro atoms. The maximum atomic E-state index is 9.60. The third-order valence-electron chi connectivity index (χ3n) is 4.77. The summed E-state index contributed by atoms with van der Waals surface area (Å²) in [4.78, 5) is 0. The molecule has 0 unspecified atom stereocenters. The van der Waals surface area contributed by atoms with Crippen LogP contribution in [0.2, 0.25) is 0 Å². The van der Waals surface area contributed by atoms with Crippen molar-refractivity contribution in [3.05, 3.63) is 71.3 Å². The summed E-state index contributed by atoms with van der Waals surface area (Å²) in [5.41, 5.74) is 5.45. The van der Waals surface area contributed by atoms with Gasteiger partial charge in [-0.2, -0.15) is 0 Å². The fourth-order valence-corrected chi connectivity index (χ4v) is 3.71. The second kappa shape index (κ2) is 6.83. The fourth-order valence-electron chi connectivity index (χ4n) is 3.71. The highest BCUT2D eigenvalue weighted by atomic mass is 16.3. The van der Waals surface area contributed by atoms with E-state index in [1.807, 2.05) is 12.1 Å². The predicted molar refractivity (Wildman–Crippen MR) is 92.8 cm³/mol. The zero-order chi connectivity index (χ0) is 15.4. The van der Waals surface area contributed by atoms with Crippen molar-refractivity contribution in [3.8, 4) is 5.75 Å². The van der Waals surface area contributed by atoms with Crippen LogP contribution in [0, 0.1) is 5.92 Å². The molecule has 1 heteroatoms. The molecule has 1 aliphatic carbocycles. The maximum absolute atomic E-state index is 9.60. The number of hydrogen-bond donors (Lipinski definition) is 1. The van der Waals surface area contributed by atoms with Gasteiger partial charge in [0, 0.05) is 0 Å². The van der Waals surface area contributed by atoms with Crippen molar-refractivity contribution in [1.82, 2.24) is 0 Å². The number of phenolic OH excluding ortho intramolecular Hbond substituents is 1. The van der Waals surface area contributed by atoms with E-state index in [1.165, 1.54) is 42.4 Å². The first-order chi connectivity index (χ1) is 10.8. The standard InChI is InChI=1S/C21H24O/c1-2-20(16-8-6-7-9-16)21(17-10-4-3-5-11-17)18-12-14-19(22)15-13-18/h3-5,10-16,22H,2,6-9H2,1H3/b21-20+. The summed E-state index contributed by atoms with van der Waals surface area (Å²) in [5, 5.41) is 9.60. The summed E-state index contributed by atoms with van der Waals surface area (Å²) in [7, 11) is 0. The Kier molecular flexibility index (Phi) is 4.62. The van der Waals surface area contributed by atoms with Crippen molar-refractivity contribution >= 4 is 5.57 Å². The lowest BCUT2D eigenvalue weighted by molar-refractivity contribution is 0.475. The Balaban J connectivity index is 2.15. The summed E-state index contributed by atoms with van der Waals surface area (Å²) in [5.74, 6) is 1.05. The molecule has 2 aromatic rings. The zero-order valence-electron chi connectivity index (χ0n) is 13.3. The van der Waals surface area contributed by atoms with E-state index < -0.39 is 0 Å². The Hall–Kier alpha value is -2.02. The molecule has 114 valence electrons. The van der Waals surface area contributed by atoms with Gasteiger partial charge in [-0.3, -0.25) is 0 Å². The highest BCUT2D eigenvalue weighted by Gasteiger charge is 2.22. The lowest BCUT2D eigenvalue weighted by atomic mass is 9.84. The molecule has 0 amide bonds. The Morgan fingerprint density at radius 1 is 0.909 bits per heavy atom. The Labute approximate surface area is 133 Å². The van der Waals surface area contributed by atoms with Gasteiger partial charge < -0.3 is 5.11 Å². The Bertz CT molecular complexity index is 631. The van der Waals surface area contributed by atoms with Gasteiger partial charge in [-0.15, -0.1) is 0 Å².